The largest absolute Gasteiger partial charge is 0.489 e. The molecule has 2 aromatic carbocycles. The van der Waals surface area contributed by atoms with E-state index < -0.39 is 0 Å². The first-order valence-corrected chi connectivity index (χ1v) is 6.85. The molecule has 0 aliphatic carbocycles. The number of nitrogen functional groups attached to an aromatic ring is 1. The fraction of sp³-hybridized carbons (Fsp3) is 0.0714. The predicted octanol–water partition coefficient (Wildman–Crippen LogP) is 4.10. The molecule has 0 saturated heterocycles. The summed E-state index contributed by atoms with van der Waals surface area (Å²) in [6, 6.07) is 9.55. The Morgan fingerprint density at radius 1 is 1.30 bits per heavy atom. The lowest BCUT2D eigenvalue weighted by Crippen LogP contribution is -2.11. The van der Waals surface area contributed by atoms with E-state index in [0.717, 1.165) is 5.56 Å². The average molecular weight is 358 g/mol. The van der Waals surface area contributed by atoms with Gasteiger partial charge in [-0.15, -0.1) is 0 Å². The van der Waals surface area contributed by atoms with Gasteiger partial charge in [-0.1, -0.05) is 23.7 Å². The number of ether oxygens (including phenoxy) is 1. The fourth-order valence-corrected chi connectivity index (χ4v) is 2.04. The van der Waals surface area contributed by atoms with Crippen LogP contribution in [-0.2, 0) is 6.61 Å². The number of hydrogen-bond acceptors (Lipinski definition) is 2. The van der Waals surface area contributed by atoms with E-state index in [0.29, 0.717) is 20.8 Å². The quantitative estimate of drug-likeness (QED) is 0.639. The normalized spacial score (nSPS) is 10.3. The Morgan fingerprint density at radius 2 is 2.05 bits per heavy atom. The van der Waals surface area contributed by atoms with E-state index in [4.69, 9.17) is 27.5 Å². The van der Waals surface area contributed by atoms with Gasteiger partial charge in [0.25, 0.3) is 0 Å². The fourth-order valence-electron chi connectivity index (χ4n) is 1.56. The van der Waals surface area contributed by atoms with Gasteiger partial charge >= 0.3 is 0 Å². The van der Waals surface area contributed by atoms with Gasteiger partial charge in [0.1, 0.15) is 24.0 Å². The van der Waals surface area contributed by atoms with E-state index >= 15 is 0 Å². The van der Waals surface area contributed by atoms with Crippen molar-refractivity contribution in [3.8, 4) is 5.75 Å². The summed E-state index contributed by atoms with van der Waals surface area (Å²) in [6.45, 7) is 0.206. The van der Waals surface area contributed by atoms with Crippen LogP contribution in [-0.4, -0.2) is 5.84 Å². The van der Waals surface area contributed by atoms with Crippen molar-refractivity contribution in [1.29, 1.82) is 5.41 Å². The molecule has 104 valence electrons. The Bertz CT molecular complexity index is 664. The number of benzene rings is 2. The van der Waals surface area contributed by atoms with Gasteiger partial charge in [0.2, 0.25) is 0 Å². The molecule has 3 nitrogen and oxygen atoms in total. The van der Waals surface area contributed by atoms with Gasteiger partial charge in [0.05, 0.1) is 4.47 Å². The summed E-state index contributed by atoms with van der Waals surface area (Å²) in [5, 5.41) is 7.78. The lowest BCUT2D eigenvalue weighted by atomic mass is 10.1. The third-order valence-corrected chi connectivity index (χ3v) is 3.64. The Morgan fingerprint density at radius 3 is 2.65 bits per heavy atom. The minimum absolute atomic E-state index is 0.0469. The summed E-state index contributed by atoms with van der Waals surface area (Å²) >= 11 is 9.16. The highest BCUT2D eigenvalue weighted by molar-refractivity contribution is 9.10. The molecule has 0 aliphatic rings. The molecule has 2 rings (SSSR count). The molecule has 0 aliphatic heterocycles. The van der Waals surface area contributed by atoms with Crippen molar-refractivity contribution in [3.63, 3.8) is 0 Å². The molecule has 0 spiro atoms. The predicted molar refractivity (Wildman–Crippen MR) is 80.9 cm³/mol. The minimum atomic E-state index is -0.388. The van der Waals surface area contributed by atoms with E-state index in [1.807, 2.05) is 0 Å². The molecular weight excluding hydrogens is 347 g/mol. The van der Waals surface area contributed by atoms with E-state index in [2.05, 4.69) is 15.9 Å². The van der Waals surface area contributed by atoms with Crippen LogP contribution in [0.3, 0.4) is 0 Å². The van der Waals surface area contributed by atoms with Crippen LogP contribution in [0.15, 0.2) is 40.9 Å². The Labute approximate surface area is 129 Å². The lowest BCUT2D eigenvalue weighted by molar-refractivity contribution is 0.304. The zero-order valence-electron chi connectivity index (χ0n) is 10.3. The van der Waals surface area contributed by atoms with E-state index in [1.54, 1.807) is 30.3 Å². The van der Waals surface area contributed by atoms with Crippen molar-refractivity contribution in [2.45, 2.75) is 6.61 Å². The Hall–Kier alpha value is -1.59. The summed E-state index contributed by atoms with van der Waals surface area (Å²) in [7, 11) is 0. The zero-order chi connectivity index (χ0) is 14.7. The first kappa shape index (κ1) is 14.8. The van der Waals surface area contributed by atoms with Crippen LogP contribution in [0.4, 0.5) is 4.39 Å². The molecule has 0 fully saturated rings. The Balaban J connectivity index is 2.10. The van der Waals surface area contributed by atoms with Crippen LogP contribution in [0.1, 0.15) is 11.1 Å². The van der Waals surface area contributed by atoms with Gasteiger partial charge in [-0.3, -0.25) is 5.41 Å². The van der Waals surface area contributed by atoms with Gasteiger partial charge < -0.3 is 10.5 Å². The zero-order valence-corrected chi connectivity index (χ0v) is 12.6. The van der Waals surface area contributed by atoms with Crippen molar-refractivity contribution >= 4 is 33.4 Å². The maximum Gasteiger partial charge on any atom is 0.141 e. The number of amidine groups is 1. The highest BCUT2D eigenvalue weighted by Crippen LogP contribution is 2.23. The van der Waals surface area contributed by atoms with Crippen LogP contribution >= 0.6 is 27.5 Å². The average Bonchev–Trinajstić information content (AvgIpc) is 2.41. The number of halogens is 3. The lowest BCUT2D eigenvalue weighted by Gasteiger charge is -2.09. The maximum absolute atomic E-state index is 13.3. The topological polar surface area (TPSA) is 59.1 Å². The smallest absolute Gasteiger partial charge is 0.141 e. The molecule has 0 aromatic heterocycles. The molecule has 0 heterocycles. The molecule has 2 aromatic rings. The van der Waals surface area contributed by atoms with Gasteiger partial charge in [0, 0.05) is 22.2 Å². The van der Waals surface area contributed by atoms with E-state index in [1.165, 1.54) is 6.07 Å². The molecule has 0 atom stereocenters. The van der Waals surface area contributed by atoms with Crippen LogP contribution in [0.5, 0.6) is 5.75 Å². The molecule has 0 saturated carbocycles. The monoisotopic (exact) mass is 356 g/mol. The van der Waals surface area contributed by atoms with Gasteiger partial charge in [-0.05, 0) is 34.1 Å². The van der Waals surface area contributed by atoms with Crippen molar-refractivity contribution < 1.29 is 9.13 Å². The second kappa shape index (κ2) is 6.24. The minimum Gasteiger partial charge on any atom is -0.489 e. The first-order chi connectivity index (χ1) is 9.47. The van der Waals surface area contributed by atoms with Gasteiger partial charge in [0.15, 0.2) is 0 Å². The summed E-state index contributed by atoms with van der Waals surface area (Å²) in [6.07, 6.45) is 0. The van der Waals surface area contributed by atoms with E-state index in [-0.39, 0.29) is 18.3 Å². The summed E-state index contributed by atoms with van der Waals surface area (Å²) in [5.41, 5.74) is 6.66. The highest BCUT2D eigenvalue weighted by Gasteiger charge is 2.06. The third-order valence-electron chi connectivity index (χ3n) is 2.65. The SMILES string of the molecule is N=C(N)c1ccc(COc2ccc(Br)c(F)c2)c(Cl)c1. The number of nitrogens with one attached hydrogen (secondary N) is 1. The van der Waals surface area contributed by atoms with E-state index in [9.17, 15) is 4.39 Å². The second-order valence-electron chi connectivity index (χ2n) is 4.08. The van der Waals surface area contributed by atoms with Crippen molar-refractivity contribution in [3.05, 3.63) is 62.8 Å². The van der Waals surface area contributed by atoms with Gasteiger partial charge in [-0.25, -0.2) is 4.39 Å². The standard InChI is InChI=1S/C14H11BrClFN2O/c15-11-4-3-10(6-13(11)17)20-7-9-2-1-8(14(18)19)5-12(9)16/h1-6H,7H2,(H3,18,19). The molecule has 0 amide bonds. The maximum atomic E-state index is 13.3. The summed E-state index contributed by atoms with van der Waals surface area (Å²) in [4.78, 5) is 0. The summed E-state index contributed by atoms with van der Waals surface area (Å²) < 4.78 is 19.2. The molecule has 0 radical (unpaired) electrons. The molecular formula is C14H11BrClFN2O. The molecule has 20 heavy (non-hydrogen) atoms. The molecule has 3 N–H and O–H groups in total. The van der Waals surface area contributed by atoms with Crippen LogP contribution < -0.4 is 10.5 Å². The highest BCUT2D eigenvalue weighted by atomic mass is 79.9. The number of hydrogen-bond donors (Lipinski definition) is 2. The van der Waals surface area contributed by atoms with Crippen molar-refractivity contribution in [2.75, 3.05) is 0 Å². The Kier molecular flexibility index (Phi) is 4.62. The van der Waals surface area contributed by atoms with Crippen molar-refractivity contribution in [1.82, 2.24) is 0 Å². The first-order valence-electron chi connectivity index (χ1n) is 5.68. The van der Waals surface area contributed by atoms with Crippen molar-refractivity contribution in [2.24, 2.45) is 5.73 Å². The molecule has 0 unspecified atom stereocenters. The third kappa shape index (κ3) is 3.49. The van der Waals surface area contributed by atoms with Crippen LogP contribution in [0, 0.1) is 11.2 Å². The van der Waals surface area contributed by atoms with Crippen LogP contribution in [0.2, 0.25) is 5.02 Å². The number of rotatable bonds is 4. The summed E-state index contributed by atoms with van der Waals surface area (Å²) in [5.74, 6) is -0.0210. The van der Waals surface area contributed by atoms with Crippen LogP contribution in [0.25, 0.3) is 0 Å². The molecule has 0 bridgehead atoms. The number of nitrogens with two attached hydrogens (primary N) is 1. The van der Waals surface area contributed by atoms with Gasteiger partial charge in [-0.2, -0.15) is 0 Å². The second-order valence-corrected chi connectivity index (χ2v) is 5.35. The molecule has 6 heteroatoms.